The number of nitrogens with one attached hydrogen (secondary N) is 3. The Morgan fingerprint density at radius 1 is 0.870 bits per heavy atom. The second kappa shape index (κ2) is 13.3. The van der Waals surface area contributed by atoms with Crippen molar-refractivity contribution >= 4 is 17.6 Å². The highest BCUT2D eigenvalue weighted by Gasteiger charge is 2.28. The van der Waals surface area contributed by atoms with Crippen molar-refractivity contribution in [2.24, 2.45) is 5.92 Å². The van der Waals surface area contributed by atoms with Crippen LogP contribution in [0.3, 0.4) is 0 Å². The summed E-state index contributed by atoms with van der Waals surface area (Å²) < 4.78 is 12.1. The molecule has 10 nitrogen and oxygen atoms in total. The molecule has 5 aromatic rings. The molecule has 0 unspecified atom stereocenters. The van der Waals surface area contributed by atoms with Crippen LogP contribution in [0.5, 0.6) is 5.75 Å². The lowest BCUT2D eigenvalue weighted by Crippen LogP contribution is -2.50. The Kier molecular flexibility index (Phi) is 9.27. The number of alkyl carbamates (subject to hydrolysis) is 1. The number of carbonyl (C=O) groups excluding carboxylic acids is 2. The molecule has 2 heterocycles. The number of rotatable bonds is 9. The molecule has 10 heteroatoms. The van der Waals surface area contributed by atoms with Gasteiger partial charge in [-0.1, -0.05) is 86.6 Å². The van der Waals surface area contributed by atoms with E-state index in [0.29, 0.717) is 33.9 Å². The Morgan fingerprint density at radius 3 is 2.02 bits per heavy atom. The maximum atomic E-state index is 14.4. The van der Waals surface area contributed by atoms with Crippen LogP contribution in [0, 0.1) is 5.92 Å². The number of hydrogen-bond acceptors (Lipinski definition) is 6. The zero-order valence-electron chi connectivity index (χ0n) is 26.9. The minimum Gasteiger partial charge on any atom is -0.497 e. The molecular formula is C36H39N5O5. The van der Waals surface area contributed by atoms with Crippen molar-refractivity contribution in [3.63, 3.8) is 0 Å². The van der Waals surface area contributed by atoms with Crippen LogP contribution in [0.4, 0.5) is 4.79 Å². The number of methoxy groups -OCH3 is 1. The van der Waals surface area contributed by atoms with Crippen molar-refractivity contribution < 1.29 is 19.1 Å². The van der Waals surface area contributed by atoms with Crippen LogP contribution in [-0.2, 0) is 16.1 Å². The first kappa shape index (κ1) is 32.0. The lowest BCUT2D eigenvalue weighted by molar-refractivity contribution is -0.124. The first-order valence-electron chi connectivity index (χ1n) is 15.2. The lowest BCUT2D eigenvalue weighted by atomic mass is 10.0. The van der Waals surface area contributed by atoms with E-state index >= 15 is 0 Å². The molecule has 0 saturated carbocycles. The van der Waals surface area contributed by atoms with Crippen LogP contribution in [0.15, 0.2) is 89.7 Å². The summed E-state index contributed by atoms with van der Waals surface area (Å²) in [5, 5.41) is 10.5. The summed E-state index contributed by atoms with van der Waals surface area (Å²) in [6.07, 6.45) is -0.685. The molecular weight excluding hydrogens is 582 g/mol. The molecule has 0 radical (unpaired) electrons. The Bertz CT molecular complexity index is 1890. The number of nitrogens with zero attached hydrogens (tertiary/aromatic N) is 2. The normalized spacial score (nSPS) is 12.2. The third-order valence-corrected chi connectivity index (χ3v) is 7.41. The zero-order chi connectivity index (χ0) is 33.0. The molecule has 0 aliphatic heterocycles. The van der Waals surface area contributed by atoms with Gasteiger partial charge < -0.3 is 25.1 Å². The molecule has 238 valence electrons. The second-order valence-corrected chi connectivity index (χ2v) is 12.3. The molecule has 46 heavy (non-hydrogen) atoms. The smallest absolute Gasteiger partial charge is 0.408 e. The quantitative estimate of drug-likeness (QED) is 0.180. The number of benzene rings is 3. The molecule has 0 fully saturated rings. The fourth-order valence-electron chi connectivity index (χ4n) is 5.24. The van der Waals surface area contributed by atoms with Crippen molar-refractivity contribution in [3.8, 4) is 39.3 Å². The largest absolute Gasteiger partial charge is 0.497 e. The summed E-state index contributed by atoms with van der Waals surface area (Å²) in [6, 6.07) is 25.7. The van der Waals surface area contributed by atoms with Gasteiger partial charge in [0.2, 0.25) is 5.91 Å². The molecule has 0 bridgehead atoms. The van der Waals surface area contributed by atoms with Gasteiger partial charge in [-0.3, -0.25) is 9.59 Å². The summed E-state index contributed by atoms with van der Waals surface area (Å²) >= 11 is 0. The Morgan fingerprint density at radius 2 is 1.46 bits per heavy atom. The van der Waals surface area contributed by atoms with E-state index in [-0.39, 0.29) is 18.0 Å². The molecule has 2 amide bonds. The first-order valence-corrected chi connectivity index (χ1v) is 15.2. The number of H-pyrrole nitrogens is 1. The van der Waals surface area contributed by atoms with Gasteiger partial charge in [0.05, 0.1) is 24.8 Å². The molecule has 0 aliphatic carbocycles. The number of fused-ring (bicyclic) bond motifs is 1. The highest BCUT2D eigenvalue weighted by atomic mass is 16.6. The fraction of sp³-hybridized carbons (Fsp3) is 0.278. The topological polar surface area (TPSA) is 127 Å². The number of hydrogen-bond donors (Lipinski definition) is 3. The van der Waals surface area contributed by atoms with Crippen LogP contribution in [0.1, 0.15) is 40.3 Å². The average molecular weight is 622 g/mol. The molecule has 3 N–H and O–H groups in total. The van der Waals surface area contributed by atoms with E-state index < -0.39 is 23.6 Å². The average Bonchev–Trinajstić information content (AvgIpc) is 3.42. The monoisotopic (exact) mass is 621 g/mol. The summed E-state index contributed by atoms with van der Waals surface area (Å²) in [5.74, 6) is -0.00649. The van der Waals surface area contributed by atoms with Crippen molar-refractivity contribution in [2.75, 3.05) is 7.11 Å². The highest BCUT2D eigenvalue weighted by Crippen LogP contribution is 2.35. The van der Waals surface area contributed by atoms with E-state index in [0.717, 1.165) is 16.7 Å². The van der Waals surface area contributed by atoms with E-state index in [4.69, 9.17) is 14.6 Å². The number of aromatic nitrogens is 3. The third kappa shape index (κ3) is 6.96. The van der Waals surface area contributed by atoms with Crippen molar-refractivity contribution in [3.05, 3.63) is 101 Å². The van der Waals surface area contributed by atoms with Crippen molar-refractivity contribution in [1.29, 1.82) is 0 Å². The molecule has 0 spiro atoms. The van der Waals surface area contributed by atoms with Gasteiger partial charge in [-0.2, -0.15) is 9.61 Å². The van der Waals surface area contributed by atoms with Crippen molar-refractivity contribution in [2.45, 2.75) is 52.8 Å². The summed E-state index contributed by atoms with van der Waals surface area (Å²) in [4.78, 5) is 43.9. The fourth-order valence-corrected chi connectivity index (χ4v) is 5.24. The summed E-state index contributed by atoms with van der Waals surface area (Å²) in [6.45, 7) is 8.92. The van der Waals surface area contributed by atoms with Crippen LogP contribution in [0.2, 0.25) is 0 Å². The van der Waals surface area contributed by atoms with Gasteiger partial charge in [0.15, 0.2) is 0 Å². The van der Waals surface area contributed by atoms with Crippen molar-refractivity contribution in [1.82, 2.24) is 25.2 Å². The van der Waals surface area contributed by atoms with Gasteiger partial charge in [-0.05, 0) is 49.9 Å². The van der Waals surface area contributed by atoms with Crippen LogP contribution in [-0.4, -0.2) is 45.4 Å². The predicted molar refractivity (Wildman–Crippen MR) is 179 cm³/mol. The van der Waals surface area contributed by atoms with E-state index in [2.05, 4.69) is 15.6 Å². The Balaban J connectivity index is 1.63. The Hall–Kier alpha value is -5.38. The van der Waals surface area contributed by atoms with Gasteiger partial charge in [-0.15, -0.1) is 0 Å². The maximum Gasteiger partial charge on any atom is 0.408 e. The molecule has 0 aliphatic rings. The lowest BCUT2D eigenvalue weighted by Gasteiger charge is -2.25. The first-order chi connectivity index (χ1) is 22.0. The minimum atomic E-state index is -0.866. The van der Waals surface area contributed by atoms with Gasteiger partial charge >= 0.3 is 6.09 Å². The van der Waals surface area contributed by atoms with E-state index in [9.17, 15) is 14.4 Å². The zero-order valence-corrected chi connectivity index (χ0v) is 26.9. The van der Waals surface area contributed by atoms with Crippen LogP contribution in [0.25, 0.3) is 39.2 Å². The van der Waals surface area contributed by atoms with Gasteiger partial charge in [0.25, 0.3) is 5.56 Å². The highest BCUT2D eigenvalue weighted by molar-refractivity contribution is 5.91. The van der Waals surface area contributed by atoms with E-state index in [1.165, 1.54) is 4.52 Å². The molecule has 0 saturated heterocycles. The molecule has 1 atom stereocenters. The standard InChI is InChI=1S/C36H39N5O5/c1-22(2)30(39-35(44)46-36(3,4)5)33(42)37-21-27-28(24-17-19-26(45-6)20-18-24)34(43)41-32(38-27)29(23-13-9-7-10-14-23)31(40-41)25-15-11-8-12-16-25/h7-20,22,30,38H,21H2,1-6H3,(H,37,42)(H,39,44)/t30-/m0/s1. The number of amides is 2. The van der Waals surface area contributed by atoms with Crippen LogP contribution >= 0.6 is 0 Å². The van der Waals surface area contributed by atoms with Gasteiger partial charge in [-0.25, -0.2) is 4.79 Å². The number of carbonyl (C=O) groups is 2. The number of aromatic amines is 1. The summed E-state index contributed by atoms with van der Waals surface area (Å²) in [7, 11) is 1.57. The molecule has 5 rings (SSSR count). The molecule has 2 aromatic heterocycles. The van der Waals surface area contributed by atoms with E-state index in [1.54, 1.807) is 52.1 Å². The summed E-state index contributed by atoms with van der Waals surface area (Å²) in [5.41, 5.74) is 3.99. The molecule has 3 aromatic carbocycles. The number of ether oxygens (including phenoxy) is 2. The maximum absolute atomic E-state index is 14.4. The SMILES string of the molecule is COc1ccc(-c2c(CNC(=O)[C@@H](NC(=O)OC(C)(C)C)C(C)C)[nH]c3c(-c4ccccc4)c(-c4ccccc4)nn3c2=O)cc1. The third-order valence-electron chi connectivity index (χ3n) is 7.41. The Labute approximate surface area is 267 Å². The minimum absolute atomic E-state index is 0.0226. The van der Waals surface area contributed by atoms with E-state index in [1.807, 2.05) is 74.5 Å². The predicted octanol–water partition coefficient (Wildman–Crippen LogP) is 6.20. The van der Waals surface area contributed by atoms with Gasteiger partial charge in [0, 0.05) is 11.3 Å². The van der Waals surface area contributed by atoms with Gasteiger partial charge in [0.1, 0.15) is 28.7 Å². The van der Waals surface area contributed by atoms with Crippen LogP contribution < -0.4 is 20.9 Å². The second-order valence-electron chi connectivity index (χ2n) is 12.3.